The van der Waals surface area contributed by atoms with Crippen molar-refractivity contribution in [3.8, 4) is 11.1 Å². The molecular formula is C17H17ClN4. The van der Waals surface area contributed by atoms with Crippen molar-refractivity contribution in [2.45, 2.75) is 26.7 Å². The number of hydrogen-bond donors (Lipinski definition) is 1. The van der Waals surface area contributed by atoms with Gasteiger partial charge < -0.3 is 5.73 Å². The van der Waals surface area contributed by atoms with Gasteiger partial charge in [-0.15, -0.1) is 0 Å². The van der Waals surface area contributed by atoms with Crippen molar-refractivity contribution in [2.75, 3.05) is 5.73 Å². The van der Waals surface area contributed by atoms with E-state index >= 15 is 0 Å². The maximum absolute atomic E-state index is 6.13. The van der Waals surface area contributed by atoms with Crippen molar-refractivity contribution in [3.63, 3.8) is 0 Å². The van der Waals surface area contributed by atoms with Gasteiger partial charge in [0.2, 0.25) is 0 Å². The SMILES string of the molecule is Cc1nc2ncnc(N)c2c(-c2ccc(Cl)cc2)c1C(C)C. The van der Waals surface area contributed by atoms with Gasteiger partial charge in [0.15, 0.2) is 5.65 Å². The lowest BCUT2D eigenvalue weighted by Crippen LogP contribution is -2.05. The highest BCUT2D eigenvalue weighted by atomic mass is 35.5. The van der Waals surface area contributed by atoms with E-state index in [2.05, 4.69) is 28.8 Å². The lowest BCUT2D eigenvalue weighted by atomic mass is 9.89. The molecule has 5 heteroatoms. The molecule has 0 unspecified atom stereocenters. The molecule has 0 aliphatic heterocycles. The summed E-state index contributed by atoms with van der Waals surface area (Å²) >= 11 is 6.02. The van der Waals surface area contributed by atoms with E-state index < -0.39 is 0 Å². The van der Waals surface area contributed by atoms with Gasteiger partial charge >= 0.3 is 0 Å². The summed E-state index contributed by atoms with van der Waals surface area (Å²) in [6.07, 6.45) is 1.45. The predicted octanol–water partition coefficient (Wildman–Crippen LogP) is 4.36. The zero-order valence-corrected chi connectivity index (χ0v) is 13.5. The van der Waals surface area contributed by atoms with Gasteiger partial charge in [0.05, 0.1) is 5.39 Å². The highest BCUT2D eigenvalue weighted by Gasteiger charge is 2.19. The van der Waals surface area contributed by atoms with Crippen LogP contribution in [0.1, 0.15) is 31.0 Å². The van der Waals surface area contributed by atoms with Crippen molar-refractivity contribution in [3.05, 3.63) is 46.9 Å². The predicted molar refractivity (Wildman–Crippen MR) is 91.0 cm³/mol. The molecule has 2 heterocycles. The normalized spacial score (nSPS) is 11.3. The Labute approximate surface area is 134 Å². The molecule has 112 valence electrons. The van der Waals surface area contributed by atoms with Crippen LogP contribution in [-0.2, 0) is 0 Å². The Kier molecular flexibility index (Phi) is 3.71. The van der Waals surface area contributed by atoms with Crippen molar-refractivity contribution in [1.29, 1.82) is 0 Å². The van der Waals surface area contributed by atoms with Crippen LogP contribution in [0.25, 0.3) is 22.2 Å². The molecule has 0 atom stereocenters. The highest BCUT2D eigenvalue weighted by Crippen LogP contribution is 2.38. The first-order valence-electron chi connectivity index (χ1n) is 7.15. The molecule has 2 aromatic heterocycles. The molecule has 0 radical (unpaired) electrons. The largest absolute Gasteiger partial charge is 0.383 e. The quantitative estimate of drug-likeness (QED) is 0.763. The molecule has 22 heavy (non-hydrogen) atoms. The third-order valence-electron chi connectivity index (χ3n) is 3.75. The fourth-order valence-electron chi connectivity index (χ4n) is 2.87. The number of aromatic nitrogens is 3. The Hall–Kier alpha value is -2.20. The first kappa shape index (κ1) is 14.7. The Morgan fingerprint density at radius 2 is 1.77 bits per heavy atom. The maximum atomic E-state index is 6.13. The number of nitrogens with zero attached hydrogens (tertiary/aromatic N) is 3. The van der Waals surface area contributed by atoms with Crippen LogP contribution in [0.4, 0.5) is 5.82 Å². The number of anilines is 1. The fourth-order valence-corrected chi connectivity index (χ4v) is 3.00. The van der Waals surface area contributed by atoms with Crippen LogP contribution in [-0.4, -0.2) is 15.0 Å². The van der Waals surface area contributed by atoms with Crippen LogP contribution < -0.4 is 5.73 Å². The van der Waals surface area contributed by atoms with Crippen molar-refractivity contribution < 1.29 is 0 Å². The molecule has 0 bridgehead atoms. The van der Waals surface area contributed by atoms with Gasteiger partial charge in [-0.1, -0.05) is 37.6 Å². The summed E-state index contributed by atoms with van der Waals surface area (Å²) in [7, 11) is 0. The number of nitrogens with two attached hydrogens (primary N) is 1. The van der Waals surface area contributed by atoms with Gasteiger partial charge in [0.1, 0.15) is 12.1 Å². The number of rotatable bonds is 2. The summed E-state index contributed by atoms with van der Waals surface area (Å²) in [4.78, 5) is 13.0. The Bertz CT molecular complexity index is 841. The first-order valence-corrected chi connectivity index (χ1v) is 7.53. The van der Waals surface area contributed by atoms with E-state index in [1.54, 1.807) is 0 Å². The smallest absolute Gasteiger partial charge is 0.165 e. The minimum atomic E-state index is 0.308. The lowest BCUT2D eigenvalue weighted by Gasteiger charge is -2.18. The molecule has 0 aliphatic carbocycles. The second-order valence-electron chi connectivity index (χ2n) is 5.60. The average molecular weight is 313 g/mol. The van der Waals surface area contributed by atoms with Gasteiger partial charge in [-0.25, -0.2) is 15.0 Å². The van der Waals surface area contributed by atoms with Crippen LogP contribution in [0.2, 0.25) is 5.02 Å². The van der Waals surface area contributed by atoms with Crippen LogP contribution in [0.3, 0.4) is 0 Å². The zero-order valence-electron chi connectivity index (χ0n) is 12.8. The van der Waals surface area contributed by atoms with Gasteiger partial charge in [0.25, 0.3) is 0 Å². The minimum Gasteiger partial charge on any atom is -0.383 e. The Morgan fingerprint density at radius 1 is 1.09 bits per heavy atom. The summed E-state index contributed by atoms with van der Waals surface area (Å²) in [5.41, 5.74) is 11.0. The van der Waals surface area contributed by atoms with Gasteiger partial charge in [0, 0.05) is 16.3 Å². The molecule has 3 aromatic rings. The van der Waals surface area contributed by atoms with E-state index in [0.717, 1.165) is 27.8 Å². The summed E-state index contributed by atoms with van der Waals surface area (Å²) in [6, 6.07) is 7.74. The van der Waals surface area contributed by atoms with Crippen LogP contribution in [0.5, 0.6) is 0 Å². The molecule has 0 saturated heterocycles. The van der Waals surface area contributed by atoms with Crippen molar-refractivity contribution in [2.24, 2.45) is 0 Å². The molecule has 0 spiro atoms. The minimum absolute atomic E-state index is 0.308. The number of nitrogen functional groups attached to an aromatic ring is 1. The van der Waals surface area contributed by atoms with E-state index in [1.165, 1.54) is 6.33 Å². The maximum Gasteiger partial charge on any atom is 0.165 e. The van der Waals surface area contributed by atoms with Crippen molar-refractivity contribution in [1.82, 2.24) is 15.0 Å². The molecule has 0 fully saturated rings. The Morgan fingerprint density at radius 3 is 2.41 bits per heavy atom. The van der Waals surface area contributed by atoms with E-state index in [4.69, 9.17) is 17.3 Å². The number of fused-ring (bicyclic) bond motifs is 1. The zero-order chi connectivity index (χ0) is 15.9. The Balaban J connectivity index is 2.47. The van der Waals surface area contributed by atoms with E-state index in [1.807, 2.05) is 31.2 Å². The average Bonchev–Trinajstić information content (AvgIpc) is 2.46. The monoisotopic (exact) mass is 312 g/mol. The topological polar surface area (TPSA) is 64.7 Å². The molecule has 4 nitrogen and oxygen atoms in total. The first-order chi connectivity index (χ1) is 10.5. The van der Waals surface area contributed by atoms with Gasteiger partial charge in [-0.3, -0.25) is 0 Å². The highest BCUT2D eigenvalue weighted by molar-refractivity contribution is 6.30. The molecule has 0 aliphatic rings. The second kappa shape index (κ2) is 5.54. The fraction of sp³-hybridized carbons (Fsp3) is 0.235. The van der Waals surface area contributed by atoms with E-state index in [0.29, 0.717) is 22.4 Å². The molecule has 2 N–H and O–H groups in total. The molecule has 3 rings (SSSR count). The third kappa shape index (κ3) is 2.40. The van der Waals surface area contributed by atoms with Crippen LogP contribution in [0, 0.1) is 6.92 Å². The number of pyridine rings is 1. The van der Waals surface area contributed by atoms with E-state index in [9.17, 15) is 0 Å². The lowest BCUT2D eigenvalue weighted by molar-refractivity contribution is 0.849. The van der Waals surface area contributed by atoms with Crippen LogP contribution in [0.15, 0.2) is 30.6 Å². The number of hydrogen-bond acceptors (Lipinski definition) is 4. The third-order valence-corrected chi connectivity index (χ3v) is 4.00. The van der Waals surface area contributed by atoms with Crippen LogP contribution >= 0.6 is 11.6 Å². The molecule has 0 amide bonds. The second-order valence-corrected chi connectivity index (χ2v) is 6.04. The molecule has 0 saturated carbocycles. The standard InChI is InChI=1S/C17H17ClN4/c1-9(2)13-10(3)22-17-15(16(19)20-8-21-17)14(13)11-4-6-12(18)7-5-11/h4-9H,1-3H3,(H2,19,20,21,22). The number of halogens is 1. The summed E-state index contributed by atoms with van der Waals surface area (Å²) in [6.45, 7) is 6.30. The summed E-state index contributed by atoms with van der Waals surface area (Å²) in [5.74, 6) is 0.756. The summed E-state index contributed by atoms with van der Waals surface area (Å²) in [5, 5.41) is 1.51. The number of aryl methyl sites for hydroxylation is 1. The number of benzene rings is 1. The summed E-state index contributed by atoms with van der Waals surface area (Å²) < 4.78 is 0. The van der Waals surface area contributed by atoms with E-state index in [-0.39, 0.29) is 0 Å². The van der Waals surface area contributed by atoms with Gasteiger partial charge in [-0.2, -0.15) is 0 Å². The van der Waals surface area contributed by atoms with Crippen molar-refractivity contribution >= 4 is 28.5 Å². The molecular weight excluding hydrogens is 296 g/mol. The molecule has 1 aromatic carbocycles. The van der Waals surface area contributed by atoms with Gasteiger partial charge in [-0.05, 0) is 36.1 Å².